The molecular weight excluding hydrogens is 324 g/mol. The summed E-state index contributed by atoms with van der Waals surface area (Å²) in [5.74, 6) is 0. The maximum Gasteiger partial charge on any atom is -0.000728 e. The zero-order valence-corrected chi connectivity index (χ0v) is 15.1. The van der Waals surface area contributed by atoms with E-state index in [0.29, 0.717) is 0 Å². The van der Waals surface area contributed by atoms with E-state index >= 15 is 0 Å². The summed E-state index contributed by atoms with van der Waals surface area (Å²) in [4.78, 5) is 0. The van der Waals surface area contributed by atoms with Gasteiger partial charge in [-0.25, -0.2) is 0 Å². The second-order valence-electron chi connectivity index (χ2n) is 7.00. The normalized spacial score (nSPS) is 12.9. The second kappa shape index (κ2) is 6.74. The molecule has 4 aromatic carbocycles. The molecule has 0 saturated heterocycles. The highest BCUT2D eigenvalue weighted by atomic mass is 14.3. The summed E-state index contributed by atoms with van der Waals surface area (Å²) in [6.45, 7) is 0. The molecule has 0 unspecified atom stereocenters. The molecule has 0 aromatic heterocycles. The van der Waals surface area contributed by atoms with E-state index in [4.69, 9.17) is 0 Å². The molecule has 0 radical (unpaired) electrons. The molecule has 0 fully saturated rings. The van der Waals surface area contributed by atoms with Gasteiger partial charge in [0, 0.05) is 0 Å². The summed E-state index contributed by atoms with van der Waals surface area (Å²) >= 11 is 0. The Labute approximate surface area is 160 Å². The Morgan fingerprint density at radius 1 is 0.407 bits per heavy atom. The van der Waals surface area contributed by atoms with Crippen molar-refractivity contribution in [1.29, 1.82) is 0 Å². The second-order valence-corrected chi connectivity index (χ2v) is 7.00. The van der Waals surface area contributed by atoms with E-state index in [1.165, 1.54) is 44.5 Å². The molecule has 0 aliphatic heterocycles. The van der Waals surface area contributed by atoms with Gasteiger partial charge in [0.1, 0.15) is 0 Å². The zero-order chi connectivity index (χ0) is 18.1. The minimum atomic E-state index is 0.996. The molecule has 0 atom stereocenters. The maximum absolute atomic E-state index is 2.27. The van der Waals surface area contributed by atoms with Crippen molar-refractivity contribution in [3.63, 3.8) is 0 Å². The van der Waals surface area contributed by atoms with Crippen molar-refractivity contribution in [3.8, 4) is 11.1 Å². The van der Waals surface area contributed by atoms with Gasteiger partial charge in [-0.15, -0.1) is 0 Å². The van der Waals surface area contributed by atoms with E-state index in [1.807, 2.05) is 0 Å². The first-order valence-corrected chi connectivity index (χ1v) is 9.43. The van der Waals surface area contributed by atoms with Crippen LogP contribution < -0.4 is 0 Å². The van der Waals surface area contributed by atoms with Crippen molar-refractivity contribution in [1.82, 2.24) is 0 Å². The molecule has 0 nitrogen and oxygen atoms in total. The summed E-state index contributed by atoms with van der Waals surface area (Å²) in [7, 11) is 0. The van der Waals surface area contributed by atoms with Crippen LogP contribution >= 0.6 is 0 Å². The van der Waals surface area contributed by atoms with Crippen LogP contribution in [0.1, 0.15) is 22.3 Å². The lowest BCUT2D eigenvalue weighted by Gasteiger charge is -2.11. The fourth-order valence-corrected chi connectivity index (χ4v) is 4.04. The summed E-state index contributed by atoms with van der Waals surface area (Å²) in [6, 6.07) is 39.1. The Morgan fingerprint density at radius 2 is 0.926 bits per heavy atom. The Bertz CT molecular complexity index is 1100. The molecule has 0 heterocycles. The first-order chi connectivity index (χ1) is 13.4. The van der Waals surface area contributed by atoms with Gasteiger partial charge in [0.05, 0.1) is 0 Å². The van der Waals surface area contributed by atoms with Crippen molar-refractivity contribution in [2.45, 2.75) is 6.42 Å². The monoisotopic (exact) mass is 344 g/mol. The molecule has 4 aromatic rings. The molecule has 5 rings (SSSR count). The van der Waals surface area contributed by atoms with Gasteiger partial charge in [-0.2, -0.15) is 0 Å². The zero-order valence-electron chi connectivity index (χ0n) is 15.1. The summed E-state index contributed by atoms with van der Waals surface area (Å²) in [6.07, 6.45) is 0.996. The van der Waals surface area contributed by atoms with Gasteiger partial charge in [0.2, 0.25) is 0 Å². The predicted molar refractivity (Wildman–Crippen MR) is 114 cm³/mol. The highest BCUT2D eigenvalue weighted by Gasteiger charge is 2.23. The molecule has 0 saturated carbocycles. The molecule has 27 heavy (non-hydrogen) atoms. The molecule has 0 amide bonds. The van der Waals surface area contributed by atoms with Gasteiger partial charge < -0.3 is 0 Å². The highest BCUT2D eigenvalue weighted by molar-refractivity contribution is 6.03. The SMILES string of the molecule is c1ccc(C2=C(c3ccc(-c4ccccc4)cc3)c3ccccc3C2)cc1. The third kappa shape index (κ3) is 2.90. The van der Waals surface area contributed by atoms with Crippen LogP contribution in [-0.4, -0.2) is 0 Å². The Hall–Kier alpha value is -3.38. The van der Waals surface area contributed by atoms with Crippen molar-refractivity contribution in [2.75, 3.05) is 0 Å². The summed E-state index contributed by atoms with van der Waals surface area (Å²) in [5, 5.41) is 0. The number of benzene rings is 4. The van der Waals surface area contributed by atoms with Gasteiger partial charge >= 0.3 is 0 Å². The van der Waals surface area contributed by atoms with Crippen LogP contribution in [-0.2, 0) is 6.42 Å². The minimum Gasteiger partial charge on any atom is -0.0622 e. The van der Waals surface area contributed by atoms with Gasteiger partial charge in [0.25, 0.3) is 0 Å². The van der Waals surface area contributed by atoms with Crippen LogP contribution in [0.15, 0.2) is 109 Å². The average molecular weight is 344 g/mol. The van der Waals surface area contributed by atoms with Gasteiger partial charge in [-0.05, 0) is 50.9 Å². The van der Waals surface area contributed by atoms with Crippen LogP contribution in [0.25, 0.3) is 22.3 Å². The first kappa shape index (κ1) is 15.8. The van der Waals surface area contributed by atoms with E-state index < -0.39 is 0 Å². The Kier molecular flexibility index (Phi) is 3.95. The fraction of sp³-hybridized carbons (Fsp3) is 0.0370. The largest absolute Gasteiger partial charge is 0.0622 e. The Morgan fingerprint density at radius 3 is 1.63 bits per heavy atom. The van der Waals surface area contributed by atoms with Crippen LogP contribution in [0.2, 0.25) is 0 Å². The lowest BCUT2D eigenvalue weighted by molar-refractivity contribution is 1.32. The average Bonchev–Trinajstić information content (AvgIpc) is 3.15. The number of rotatable bonds is 3. The molecule has 0 N–H and O–H groups in total. The molecule has 128 valence electrons. The van der Waals surface area contributed by atoms with E-state index in [0.717, 1.165) is 6.42 Å². The van der Waals surface area contributed by atoms with E-state index in [-0.39, 0.29) is 0 Å². The molecule has 0 spiro atoms. The molecule has 1 aliphatic rings. The minimum absolute atomic E-state index is 0.996. The standard InChI is InChI=1S/C27H20/c1-3-9-20(10-4-1)21-15-17-23(18-16-21)27-25-14-8-7-13-24(25)19-26(27)22-11-5-2-6-12-22/h1-18H,19H2. The number of hydrogen-bond acceptors (Lipinski definition) is 0. The highest BCUT2D eigenvalue weighted by Crippen LogP contribution is 2.42. The van der Waals surface area contributed by atoms with Gasteiger partial charge in [0.15, 0.2) is 0 Å². The van der Waals surface area contributed by atoms with Crippen molar-refractivity contribution in [2.24, 2.45) is 0 Å². The lowest BCUT2D eigenvalue weighted by Crippen LogP contribution is -1.89. The summed E-state index contributed by atoms with van der Waals surface area (Å²) in [5.41, 5.74) is 10.7. The van der Waals surface area contributed by atoms with E-state index in [1.54, 1.807) is 0 Å². The predicted octanol–water partition coefficient (Wildman–Crippen LogP) is 6.87. The van der Waals surface area contributed by atoms with Crippen molar-refractivity contribution in [3.05, 3.63) is 131 Å². The van der Waals surface area contributed by atoms with Crippen molar-refractivity contribution >= 4 is 11.1 Å². The molecular formula is C27H20. The topological polar surface area (TPSA) is 0 Å². The lowest BCUT2D eigenvalue weighted by atomic mass is 9.93. The Balaban J connectivity index is 1.64. The number of hydrogen-bond donors (Lipinski definition) is 0. The molecule has 0 heteroatoms. The van der Waals surface area contributed by atoms with E-state index in [9.17, 15) is 0 Å². The quantitative estimate of drug-likeness (QED) is 0.380. The summed E-state index contributed by atoms with van der Waals surface area (Å²) < 4.78 is 0. The van der Waals surface area contributed by atoms with Gasteiger partial charge in [-0.1, -0.05) is 109 Å². The van der Waals surface area contributed by atoms with E-state index in [2.05, 4.69) is 109 Å². The fourth-order valence-electron chi connectivity index (χ4n) is 4.04. The first-order valence-electron chi connectivity index (χ1n) is 9.43. The van der Waals surface area contributed by atoms with Crippen LogP contribution in [0.5, 0.6) is 0 Å². The molecule has 1 aliphatic carbocycles. The van der Waals surface area contributed by atoms with Crippen molar-refractivity contribution < 1.29 is 0 Å². The number of allylic oxidation sites excluding steroid dienone is 1. The van der Waals surface area contributed by atoms with Crippen LogP contribution in [0, 0.1) is 0 Å². The van der Waals surface area contributed by atoms with Gasteiger partial charge in [-0.3, -0.25) is 0 Å². The number of fused-ring (bicyclic) bond motifs is 1. The maximum atomic E-state index is 2.27. The molecule has 0 bridgehead atoms. The smallest absolute Gasteiger partial charge is 0.000728 e. The van der Waals surface area contributed by atoms with Crippen LogP contribution in [0.3, 0.4) is 0 Å². The third-order valence-corrected chi connectivity index (χ3v) is 5.36. The van der Waals surface area contributed by atoms with Crippen LogP contribution in [0.4, 0.5) is 0 Å². The third-order valence-electron chi connectivity index (χ3n) is 5.36.